The largest absolute Gasteiger partial charge is 0.356 e. The Balaban J connectivity index is 1.84. The standard InChI is InChI=1S/C20H39N5O/c1-16(2)25-12-8-9-17(14-25)13-22-19(21-3)23-15-20(10-6-7-11-20)18(26)24(4)5/h16-17H,6-15H2,1-5H3,(H2,21,22,23). The van der Waals surface area contributed by atoms with Gasteiger partial charge in [-0.2, -0.15) is 0 Å². The summed E-state index contributed by atoms with van der Waals surface area (Å²) in [7, 11) is 5.53. The molecule has 0 aromatic heterocycles. The number of aliphatic imine (C=N–C) groups is 1. The van der Waals surface area contributed by atoms with Crippen LogP contribution < -0.4 is 10.6 Å². The van der Waals surface area contributed by atoms with Crippen LogP contribution in [0.25, 0.3) is 0 Å². The number of piperidine rings is 1. The van der Waals surface area contributed by atoms with Gasteiger partial charge in [-0.05, 0) is 52.0 Å². The Hall–Kier alpha value is -1.30. The number of guanidine groups is 1. The SMILES string of the molecule is CN=C(NCC1CCCN(C(C)C)C1)NCC1(C(=O)N(C)C)CCCC1. The Morgan fingerprint density at radius 3 is 2.50 bits per heavy atom. The van der Waals surface area contributed by atoms with Crippen LogP contribution in [0.15, 0.2) is 4.99 Å². The first-order valence-corrected chi connectivity index (χ1v) is 10.3. The van der Waals surface area contributed by atoms with Gasteiger partial charge in [-0.15, -0.1) is 0 Å². The number of likely N-dealkylation sites (tertiary alicyclic amines) is 1. The van der Waals surface area contributed by atoms with E-state index in [-0.39, 0.29) is 11.3 Å². The molecule has 1 aliphatic heterocycles. The molecule has 1 heterocycles. The van der Waals surface area contributed by atoms with E-state index in [0.717, 1.165) is 44.7 Å². The second-order valence-corrected chi connectivity index (χ2v) is 8.59. The number of nitrogens with one attached hydrogen (secondary N) is 2. The van der Waals surface area contributed by atoms with Crippen molar-refractivity contribution in [1.29, 1.82) is 0 Å². The van der Waals surface area contributed by atoms with Crippen LogP contribution >= 0.6 is 0 Å². The van der Waals surface area contributed by atoms with E-state index in [0.29, 0.717) is 18.5 Å². The molecule has 2 N–H and O–H groups in total. The van der Waals surface area contributed by atoms with Gasteiger partial charge in [-0.3, -0.25) is 9.79 Å². The highest BCUT2D eigenvalue weighted by Crippen LogP contribution is 2.38. The molecule has 0 spiro atoms. The first-order chi connectivity index (χ1) is 12.4. The van der Waals surface area contributed by atoms with Crippen molar-refractivity contribution in [2.24, 2.45) is 16.3 Å². The molecule has 2 aliphatic rings. The molecule has 1 unspecified atom stereocenters. The van der Waals surface area contributed by atoms with Gasteiger partial charge in [0.15, 0.2) is 5.96 Å². The fourth-order valence-electron chi connectivity index (χ4n) is 4.44. The molecule has 150 valence electrons. The van der Waals surface area contributed by atoms with Crippen molar-refractivity contribution < 1.29 is 4.79 Å². The van der Waals surface area contributed by atoms with Crippen LogP contribution in [-0.2, 0) is 4.79 Å². The third-order valence-electron chi connectivity index (χ3n) is 6.08. The van der Waals surface area contributed by atoms with Crippen LogP contribution in [0.3, 0.4) is 0 Å². The summed E-state index contributed by atoms with van der Waals surface area (Å²) in [5, 5.41) is 6.93. The van der Waals surface area contributed by atoms with Crippen molar-refractivity contribution >= 4 is 11.9 Å². The zero-order valence-corrected chi connectivity index (χ0v) is 17.5. The van der Waals surface area contributed by atoms with E-state index in [1.807, 2.05) is 21.1 Å². The smallest absolute Gasteiger partial charge is 0.230 e. The van der Waals surface area contributed by atoms with E-state index < -0.39 is 0 Å². The van der Waals surface area contributed by atoms with Crippen molar-refractivity contribution in [2.45, 2.75) is 58.4 Å². The third-order valence-corrected chi connectivity index (χ3v) is 6.08. The highest BCUT2D eigenvalue weighted by Gasteiger charge is 2.42. The quantitative estimate of drug-likeness (QED) is 0.558. The number of carbonyl (C=O) groups is 1. The van der Waals surface area contributed by atoms with Gasteiger partial charge in [0, 0.05) is 46.8 Å². The minimum absolute atomic E-state index is 0.248. The zero-order valence-electron chi connectivity index (χ0n) is 17.5. The number of hydrogen-bond donors (Lipinski definition) is 2. The normalized spacial score (nSPS) is 23.9. The summed E-state index contributed by atoms with van der Waals surface area (Å²) in [5.41, 5.74) is -0.263. The number of rotatable bonds is 6. The molecular formula is C20H39N5O. The van der Waals surface area contributed by atoms with E-state index in [1.54, 1.807) is 4.90 Å². The molecule has 0 radical (unpaired) electrons. The van der Waals surface area contributed by atoms with Gasteiger partial charge in [0.1, 0.15) is 0 Å². The number of hydrogen-bond acceptors (Lipinski definition) is 3. The van der Waals surface area contributed by atoms with Crippen molar-refractivity contribution in [3.8, 4) is 0 Å². The van der Waals surface area contributed by atoms with Crippen molar-refractivity contribution in [3.05, 3.63) is 0 Å². The van der Waals surface area contributed by atoms with Crippen LogP contribution in [0, 0.1) is 11.3 Å². The molecule has 0 aromatic rings. The molecule has 6 heteroatoms. The van der Waals surface area contributed by atoms with Gasteiger partial charge in [-0.1, -0.05) is 12.8 Å². The fraction of sp³-hybridized carbons (Fsp3) is 0.900. The molecule has 0 bridgehead atoms. The lowest BCUT2D eigenvalue weighted by atomic mass is 9.84. The Bertz CT molecular complexity index is 483. The van der Waals surface area contributed by atoms with Gasteiger partial charge in [0.05, 0.1) is 5.41 Å². The van der Waals surface area contributed by atoms with Crippen LogP contribution in [0.4, 0.5) is 0 Å². The summed E-state index contributed by atoms with van der Waals surface area (Å²) >= 11 is 0. The Kier molecular flexibility index (Phi) is 7.74. The van der Waals surface area contributed by atoms with E-state index in [9.17, 15) is 4.79 Å². The molecule has 6 nitrogen and oxygen atoms in total. The number of nitrogens with zero attached hydrogens (tertiary/aromatic N) is 3. The van der Waals surface area contributed by atoms with Crippen molar-refractivity contribution in [1.82, 2.24) is 20.4 Å². The average Bonchev–Trinajstić information content (AvgIpc) is 3.11. The fourth-order valence-corrected chi connectivity index (χ4v) is 4.44. The van der Waals surface area contributed by atoms with Crippen LogP contribution in [-0.4, -0.2) is 75.0 Å². The second kappa shape index (κ2) is 9.58. The lowest BCUT2D eigenvalue weighted by Crippen LogP contribution is -2.50. The van der Waals surface area contributed by atoms with Crippen LogP contribution in [0.2, 0.25) is 0 Å². The summed E-state index contributed by atoms with van der Waals surface area (Å²) in [5.74, 6) is 1.73. The molecule has 0 aromatic carbocycles. The Morgan fingerprint density at radius 1 is 1.23 bits per heavy atom. The van der Waals surface area contributed by atoms with E-state index in [1.165, 1.54) is 19.4 Å². The molecule has 1 amide bonds. The molecule has 1 saturated heterocycles. The maximum atomic E-state index is 12.7. The summed E-state index contributed by atoms with van der Waals surface area (Å²) in [6.07, 6.45) is 6.77. The Morgan fingerprint density at radius 2 is 1.92 bits per heavy atom. The lowest BCUT2D eigenvalue weighted by Gasteiger charge is -2.36. The van der Waals surface area contributed by atoms with Gasteiger partial charge < -0.3 is 20.4 Å². The molecule has 1 atom stereocenters. The van der Waals surface area contributed by atoms with E-state index >= 15 is 0 Å². The van der Waals surface area contributed by atoms with Gasteiger partial charge in [-0.25, -0.2) is 0 Å². The van der Waals surface area contributed by atoms with Crippen LogP contribution in [0.5, 0.6) is 0 Å². The predicted octanol–water partition coefficient (Wildman–Crippen LogP) is 1.92. The minimum Gasteiger partial charge on any atom is -0.356 e. The third kappa shape index (κ3) is 5.35. The van der Waals surface area contributed by atoms with Gasteiger partial charge in [0.2, 0.25) is 5.91 Å². The monoisotopic (exact) mass is 365 g/mol. The van der Waals surface area contributed by atoms with Crippen LogP contribution in [0.1, 0.15) is 52.4 Å². The first kappa shape index (κ1) is 21.0. The number of amides is 1. The predicted molar refractivity (Wildman–Crippen MR) is 108 cm³/mol. The topological polar surface area (TPSA) is 60.0 Å². The highest BCUT2D eigenvalue weighted by molar-refractivity contribution is 5.85. The maximum absolute atomic E-state index is 12.7. The molecule has 1 saturated carbocycles. The molecule has 2 rings (SSSR count). The summed E-state index contributed by atoms with van der Waals surface area (Å²) in [6, 6.07) is 0.620. The molecule has 2 fully saturated rings. The maximum Gasteiger partial charge on any atom is 0.230 e. The van der Waals surface area contributed by atoms with E-state index in [2.05, 4.69) is 34.4 Å². The summed E-state index contributed by atoms with van der Waals surface area (Å²) in [6.45, 7) is 8.54. The molecular weight excluding hydrogens is 326 g/mol. The highest BCUT2D eigenvalue weighted by atomic mass is 16.2. The minimum atomic E-state index is -0.263. The lowest BCUT2D eigenvalue weighted by molar-refractivity contribution is -0.138. The van der Waals surface area contributed by atoms with Crippen molar-refractivity contribution in [2.75, 3.05) is 47.3 Å². The second-order valence-electron chi connectivity index (χ2n) is 8.59. The number of carbonyl (C=O) groups excluding carboxylic acids is 1. The zero-order chi connectivity index (χ0) is 19.2. The van der Waals surface area contributed by atoms with Gasteiger partial charge in [0.25, 0.3) is 0 Å². The summed E-state index contributed by atoms with van der Waals surface area (Å²) < 4.78 is 0. The average molecular weight is 366 g/mol. The summed E-state index contributed by atoms with van der Waals surface area (Å²) in [4.78, 5) is 21.4. The molecule has 1 aliphatic carbocycles. The van der Waals surface area contributed by atoms with Gasteiger partial charge >= 0.3 is 0 Å². The molecule has 26 heavy (non-hydrogen) atoms. The van der Waals surface area contributed by atoms with E-state index in [4.69, 9.17) is 0 Å². The van der Waals surface area contributed by atoms with Crippen molar-refractivity contribution in [3.63, 3.8) is 0 Å². The Labute approximate surface area is 159 Å². The first-order valence-electron chi connectivity index (χ1n) is 10.3.